The third-order valence-electron chi connectivity index (χ3n) is 3.91. The summed E-state index contributed by atoms with van der Waals surface area (Å²) in [6, 6.07) is 13.0. The molecule has 0 saturated carbocycles. The molecule has 24 heavy (non-hydrogen) atoms. The number of ether oxygens (including phenoxy) is 1. The lowest BCUT2D eigenvalue weighted by Gasteiger charge is -2.15. The van der Waals surface area contributed by atoms with Gasteiger partial charge in [0.1, 0.15) is 0 Å². The number of carbonyl (C=O) groups is 2. The van der Waals surface area contributed by atoms with Crippen LogP contribution in [0.4, 0.5) is 0 Å². The predicted molar refractivity (Wildman–Crippen MR) is 96.9 cm³/mol. The number of esters is 1. The fourth-order valence-electron chi connectivity index (χ4n) is 2.30. The molecule has 5 heteroatoms. The molecule has 0 aliphatic heterocycles. The summed E-state index contributed by atoms with van der Waals surface area (Å²) in [4.78, 5) is 24.1. The maximum absolute atomic E-state index is 12.1. The second-order valence-corrected chi connectivity index (χ2v) is 6.58. The van der Waals surface area contributed by atoms with Gasteiger partial charge in [-0.15, -0.1) is 0 Å². The highest BCUT2D eigenvalue weighted by atomic mass is 79.9. The normalized spacial score (nSPS) is 11.7. The lowest BCUT2D eigenvalue weighted by molar-refractivity contribution is -0.124. The highest BCUT2D eigenvalue weighted by molar-refractivity contribution is 9.10. The first-order valence-electron chi connectivity index (χ1n) is 7.66. The van der Waals surface area contributed by atoms with Crippen LogP contribution in [-0.4, -0.2) is 18.5 Å². The van der Waals surface area contributed by atoms with Crippen molar-refractivity contribution in [2.24, 2.45) is 0 Å². The minimum atomic E-state index is -0.484. The molecule has 0 fully saturated rings. The lowest BCUT2D eigenvalue weighted by Crippen LogP contribution is -2.31. The zero-order chi connectivity index (χ0) is 17.7. The molecule has 4 nitrogen and oxygen atoms in total. The Morgan fingerprint density at radius 2 is 1.79 bits per heavy atom. The van der Waals surface area contributed by atoms with Crippen molar-refractivity contribution in [1.29, 1.82) is 0 Å². The van der Waals surface area contributed by atoms with Crippen LogP contribution in [0.1, 0.15) is 40.0 Å². The van der Waals surface area contributed by atoms with Gasteiger partial charge in [-0.1, -0.05) is 40.2 Å². The van der Waals surface area contributed by atoms with E-state index in [4.69, 9.17) is 4.74 Å². The number of nitrogens with one attached hydrogen (secondary N) is 1. The van der Waals surface area contributed by atoms with Gasteiger partial charge in [-0.25, -0.2) is 4.79 Å². The first-order valence-corrected chi connectivity index (χ1v) is 8.46. The van der Waals surface area contributed by atoms with Crippen LogP contribution in [0.5, 0.6) is 0 Å². The quantitative estimate of drug-likeness (QED) is 0.783. The maximum Gasteiger partial charge on any atom is 0.338 e. The van der Waals surface area contributed by atoms with Crippen molar-refractivity contribution >= 4 is 27.8 Å². The van der Waals surface area contributed by atoms with Gasteiger partial charge in [0.2, 0.25) is 0 Å². The van der Waals surface area contributed by atoms with E-state index in [0.717, 1.165) is 21.2 Å². The van der Waals surface area contributed by atoms with Gasteiger partial charge in [0.05, 0.1) is 11.6 Å². The van der Waals surface area contributed by atoms with E-state index in [1.54, 1.807) is 12.1 Å². The number of hydrogen-bond acceptors (Lipinski definition) is 3. The van der Waals surface area contributed by atoms with Gasteiger partial charge in [0.15, 0.2) is 6.61 Å². The van der Waals surface area contributed by atoms with Crippen LogP contribution >= 0.6 is 15.9 Å². The molecule has 2 aromatic carbocycles. The molecule has 0 spiro atoms. The summed E-state index contributed by atoms with van der Waals surface area (Å²) in [5.41, 5.74) is 3.35. The molecule has 2 rings (SSSR count). The second-order valence-electron chi connectivity index (χ2n) is 5.66. The molecule has 0 aromatic heterocycles. The minimum absolute atomic E-state index is 0.162. The molecule has 0 aliphatic carbocycles. The van der Waals surface area contributed by atoms with Crippen LogP contribution in [0, 0.1) is 13.8 Å². The SMILES string of the molecule is Cc1cccc(C(=O)OCC(=O)N[C@H](C)c2ccc(Br)cc2)c1C. The van der Waals surface area contributed by atoms with E-state index in [0.29, 0.717) is 5.56 Å². The van der Waals surface area contributed by atoms with Gasteiger partial charge >= 0.3 is 5.97 Å². The highest BCUT2D eigenvalue weighted by Crippen LogP contribution is 2.17. The predicted octanol–water partition coefficient (Wildman–Crippen LogP) is 4.10. The van der Waals surface area contributed by atoms with Gasteiger partial charge in [-0.05, 0) is 55.7 Å². The Morgan fingerprint density at radius 1 is 1.12 bits per heavy atom. The van der Waals surface area contributed by atoms with Crippen molar-refractivity contribution in [1.82, 2.24) is 5.32 Å². The van der Waals surface area contributed by atoms with E-state index >= 15 is 0 Å². The number of rotatable bonds is 5. The maximum atomic E-state index is 12.1. The third kappa shape index (κ3) is 4.68. The van der Waals surface area contributed by atoms with Crippen LogP contribution in [-0.2, 0) is 9.53 Å². The van der Waals surface area contributed by atoms with Crippen molar-refractivity contribution in [3.8, 4) is 0 Å². The van der Waals surface area contributed by atoms with Crippen LogP contribution in [0.15, 0.2) is 46.9 Å². The highest BCUT2D eigenvalue weighted by Gasteiger charge is 2.15. The molecule has 1 amide bonds. The van der Waals surface area contributed by atoms with Crippen molar-refractivity contribution < 1.29 is 14.3 Å². The number of benzene rings is 2. The van der Waals surface area contributed by atoms with Crippen molar-refractivity contribution in [3.05, 3.63) is 69.2 Å². The van der Waals surface area contributed by atoms with E-state index < -0.39 is 5.97 Å². The molecular formula is C19H20BrNO3. The molecule has 0 heterocycles. The van der Waals surface area contributed by atoms with Crippen molar-refractivity contribution in [2.45, 2.75) is 26.8 Å². The molecule has 126 valence electrons. The monoisotopic (exact) mass is 389 g/mol. The van der Waals surface area contributed by atoms with Crippen molar-refractivity contribution in [3.63, 3.8) is 0 Å². The van der Waals surface area contributed by atoms with Gasteiger partial charge in [-0.3, -0.25) is 4.79 Å². The second kappa shape index (κ2) is 8.11. The molecule has 0 saturated heterocycles. The number of aryl methyl sites for hydroxylation is 1. The standard InChI is InChI=1S/C19H20BrNO3/c1-12-5-4-6-17(13(12)2)19(23)24-11-18(22)21-14(3)15-7-9-16(20)10-8-15/h4-10,14H,11H2,1-3H3,(H,21,22)/t14-/m1/s1. The molecule has 0 aliphatic rings. The number of halogens is 1. The molecule has 0 radical (unpaired) electrons. The first-order chi connectivity index (χ1) is 11.4. The van der Waals surface area contributed by atoms with E-state index in [-0.39, 0.29) is 18.6 Å². The van der Waals surface area contributed by atoms with E-state index in [9.17, 15) is 9.59 Å². The van der Waals surface area contributed by atoms with Gasteiger partial charge in [-0.2, -0.15) is 0 Å². The number of amides is 1. The van der Waals surface area contributed by atoms with Crippen LogP contribution in [0.25, 0.3) is 0 Å². The van der Waals surface area contributed by atoms with E-state index in [2.05, 4.69) is 21.2 Å². The Labute approximate surface area is 150 Å². The molecule has 1 N–H and O–H groups in total. The zero-order valence-electron chi connectivity index (χ0n) is 13.9. The first kappa shape index (κ1) is 18.2. The topological polar surface area (TPSA) is 55.4 Å². The Bertz CT molecular complexity index is 741. The lowest BCUT2D eigenvalue weighted by atomic mass is 10.0. The van der Waals surface area contributed by atoms with E-state index in [1.165, 1.54) is 0 Å². The third-order valence-corrected chi connectivity index (χ3v) is 4.44. The summed E-state index contributed by atoms with van der Waals surface area (Å²) in [5, 5.41) is 2.82. The number of hydrogen-bond donors (Lipinski definition) is 1. The largest absolute Gasteiger partial charge is 0.452 e. The molecule has 2 aromatic rings. The minimum Gasteiger partial charge on any atom is -0.452 e. The smallest absolute Gasteiger partial charge is 0.338 e. The fourth-order valence-corrected chi connectivity index (χ4v) is 2.56. The summed E-state index contributed by atoms with van der Waals surface area (Å²) in [5.74, 6) is -0.813. The molecule has 0 unspecified atom stereocenters. The van der Waals surface area contributed by atoms with E-state index in [1.807, 2.05) is 51.1 Å². The Kier molecular flexibility index (Phi) is 6.15. The summed E-state index contributed by atoms with van der Waals surface area (Å²) >= 11 is 3.37. The average Bonchev–Trinajstić information content (AvgIpc) is 2.55. The van der Waals surface area contributed by atoms with Gasteiger partial charge in [0, 0.05) is 4.47 Å². The summed E-state index contributed by atoms with van der Waals surface area (Å²) in [6.07, 6.45) is 0. The zero-order valence-corrected chi connectivity index (χ0v) is 15.5. The molecular weight excluding hydrogens is 370 g/mol. The molecule has 1 atom stereocenters. The van der Waals surface area contributed by atoms with Crippen molar-refractivity contribution in [2.75, 3.05) is 6.61 Å². The number of carbonyl (C=O) groups excluding carboxylic acids is 2. The van der Waals surface area contributed by atoms with Gasteiger partial charge in [0.25, 0.3) is 5.91 Å². The Hall–Kier alpha value is -2.14. The summed E-state index contributed by atoms with van der Waals surface area (Å²) in [7, 11) is 0. The van der Waals surface area contributed by atoms with Crippen LogP contribution < -0.4 is 5.32 Å². The van der Waals surface area contributed by atoms with Gasteiger partial charge < -0.3 is 10.1 Å². The molecule has 0 bridgehead atoms. The fraction of sp³-hybridized carbons (Fsp3) is 0.263. The Balaban J connectivity index is 1.89. The Morgan fingerprint density at radius 3 is 2.46 bits per heavy atom. The average molecular weight is 390 g/mol. The summed E-state index contributed by atoms with van der Waals surface area (Å²) < 4.78 is 6.10. The summed E-state index contributed by atoms with van der Waals surface area (Å²) in [6.45, 7) is 5.38. The van der Waals surface area contributed by atoms with Crippen LogP contribution in [0.2, 0.25) is 0 Å². The van der Waals surface area contributed by atoms with Crippen LogP contribution in [0.3, 0.4) is 0 Å².